The Morgan fingerprint density at radius 3 is 3.05 bits per heavy atom. The highest BCUT2D eigenvalue weighted by molar-refractivity contribution is 5.76. The normalized spacial score (nSPS) is 22.7. The maximum atomic E-state index is 11.7. The van der Waals surface area contributed by atoms with Crippen LogP contribution in [0, 0.1) is 5.92 Å². The molecule has 1 N–H and O–H groups in total. The van der Waals surface area contributed by atoms with Gasteiger partial charge in [-0.1, -0.05) is 0 Å². The largest absolute Gasteiger partial charge is 0.370 e. The molecule has 0 aromatic carbocycles. The number of hydrogen-bond acceptors (Lipinski definition) is 4. The monoisotopic (exact) mass is 308 g/mol. The van der Waals surface area contributed by atoms with Crippen molar-refractivity contribution in [2.75, 3.05) is 27.2 Å². The van der Waals surface area contributed by atoms with Gasteiger partial charge in [-0.15, -0.1) is 0 Å². The van der Waals surface area contributed by atoms with Gasteiger partial charge in [-0.05, 0) is 20.3 Å². The van der Waals surface area contributed by atoms with E-state index in [2.05, 4.69) is 28.7 Å². The summed E-state index contributed by atoms with van der Waals surface area (Å²) >= 11 is 0. The molecule has 1 aliphatic rings. The fraction of sp³-hybridized carbons (Fsp3) is 0.750. The molecule has 1 saturated heterocycles. The second kappa shape index (κ2) is 7.74. The van der Waals surface area contributed by atoms with E-state index in [1.807, 2.05) is 12.4 Å². The maximum Gasteiger partial charge on any atom is 0.223 e. The van der Waals surface area contributed by atoms with Crippen LogP contribution >= 0.6 is 0 Å². The van der Waals surface area contributed by atoms with Gasteiger partial charge in [-0.25, -0.2) is 4.98 Å². The highest BCUT2D eigenvalue weighted by Gasteiger charge is 2.32. The first kappa shape index (κ1) is 17.0. The number of carbonyl (C=O) groups excluding carboxylic acids is 1. The van der Waals surface area contributed by atoms with Crippen LogP contribution in [0.15, 0.2) is 12.4 Å². The fourth-order valence-electron chi connectivity index (χ4n) is 2.84. The van der Waals surface area contributed by atoms with Crippen molar-refractivity contribution in [3.05, 3.63) is 18.2 Å². The second-order valence-corrected chi connectivity index (χ2v) is 6.21. The van der Waals surface area contributed by atoms with Crippen molar-refractivity contribution in [1.29, 1.82) is 0 Å². The van der Waals surface area contributed by atoms with Gasteiger partial charge in [0.2, 0.25) is 5.91 Å². The third-order valence-electron chi connectivity index (χ3n) is 4.27. The molecule has 0 spiro atoms. The van der Waals surface area contributed by atoms with E-state index in [4.69, 9.17) is 4.74 Å². The summed E-state index contributed by atoms with van der Waals surface area (Å²) in [5.74, 6) is 1.58. The minimum atomic E-state index is 0.0548. The number of amides is 1. The van der Waals surface area contributed by atoms with Gasteiger partial charge in [-0.3, -0.25) is 4.79 Å². The average Bonchev–Trinajstić information content (AvgIpc) is 3.12. The molecule has 124 valence electrons. The predicted molar refractivity (Wildman–Crippen MR) is 85.5 cm³/mol. The van der Waals surface area contributed by atoms with E-state index in [1.165, 1.54) is 0 Å². The minimum Gasteiger partial charge on any atom is -0.370 e. The summed E-state index contributed by atoms with van der Waals surface area (Å²) in [7, 11) is 3.58. The van der Waals surface area contributed by atoms with Crippen molar-refractivity contribution in [3.8, 4) is 0 Å². The Morgan fingerprint density at radius 1 is 1.59 bits per heavy atom. The Balaban J connectivity index is 1.88. The van der Waals surface area contributed by atoms with Crippen molar-refractivity contribution >= 4 is 5.91 Å². The molecule has 6 heteroatoms. The molecule has 6 nitrogen and oxygen atoms in total. The third kappa shape index (κ3) is 4.08. The SMILES string of the molecule is CCn1ccnc1[C@@H]1OCC[C@H]1CNC(C)CC(=O)N(C)C. The summed E-state index contributed by atoms with van der Waals surface area (Å²) in [6.45, 7) is 6.70. The Bertz CT molecular complexity index is 486. The first-order valence-electron chi connectivity index (χ1n) is 8.09. The molecule has 22 heavy (non-hydrogen) atoms. The smallest absolute Gasteiger partial charge is 0.223 e. The quantitative estimate of drug-likeness (QED) is 0.828. The fourth-order valence-corrected chi connectivity index (χ4v) is 2.84. The molecular weight excluding hydrogens is 280 g/mol. The highest BCUT2D eigenvalue weighted by Crippen LogP contribution is 2.33. The van der Waals surface area contributed by atoms with E-state index in [0.29, 0.717) is 12.3 Å². The molecule has 0 bridgehead atoms. The van der Waals surface area contributed by atoms with Gasteiger partial charge in [0, 0.05) is 64.6 Å². The molecule has 2 rings (SSSR count). The van der Waals surface area contributed by atoms with E-state index in [0.717, 1.165) is 31.9 Å². The first-order valence-corrected chi connectivity index (χ1v) is 8.09. The molecule has 1 aromatic heterocycles. The van der Waals surface area contributed by atoms with Crippen LogP contribution in [0.1, 0.15) is 38.6 Å². The Morgan fingerprint density at radius 2 is 2.36 bits per heavy atom. The molecule has 0 radical (unpaired) electrons. The molecule has 1 fully saturated rings. The lowest BCUT2D eigenvalue weighted by Gasteiger charge is -2.22. The van der Waals surface area contributed by atoms with Crippen LogP contribution in [0.3, 0.4) is 0 Å². The number of ether oxygens (including phenoxy) is 1. The van der Waals surface area contributed by atoms with Crippen molar-refractivity contribution < 1.29 is 9.53 Å². The first-order chi connectivity index (χ1) is 10.5. The molecular formula is C16H28N4O2. The topological polar surface area (TPSA) is 59.4 Å². The van der Waals surface area contributed by atoms with E-state index in [9.17, 15) is 4.79 Å². The highest BCUT2D eigenvalue weighted by atomic mass is 16.5. The number of aryl methyl sites for hydroxylation is 1. The van der Waals surface area contributed by atoms with E-state index < -0.39 is 0 Å². The van der Waals surface area contributed by atoms with Crippen LogP contribution in [-0.2, 0) is 16.1 Å². The zero-order valence-electron chi connectivity index (χ0n) is 14.1. The van der Waals surface area contributed by atoms with Crippen molar-refractivity contribution in [2.24, 2.45) is 5.92 Å². The molecule has 1 aliphatic heterocycles. The van der Waals surface area contributed by atoms with Gasteiger partial charge in [0.25, 0.3) is 0 Å². The molecule has 2 heterocycles. The number of nitrogens with one attached hydrogen (secondary N) is 1. The Kier molecular flexibility index (Phi) is 5.97. The summed E-state index contributed by atoms with van der Waals surface area (Å²) in [6, 6.07) is 0.169. The summed E-state index contributed by atoms with van der Waals surface area (Å²) in [4.78, 5) is 17.8. The van der Waals surface area contributed by atoms with Gasteiger partial charge in [-0.2, -0.15) is 0 Å². The van der Waals surface area contributed by atoms with Crippen LogP contribution in [0.25, 0.3) is 0 Å². The van der Waals surface area contributed by atoms with Gasteiger partial charge in [0.1, 0.15) is 11.9 Å². The van der Waals surface area contributed by atoms with Gasteiger partial charge >= 0.3 is 0 Å². The standard InChI is InChI=1S/C16H28N4O2/c1-5-20-8-7-17-16(20)15-13(6-9-22-15)11-18-12(2)10-14(21)19(3)4/h7-8,12-13,15,18H,5-6,9-11H2,1-4H3/t12?,13-,15+/m0/s1. The van der Waals surface area contributed by atoms with E-state index >= 15 is 0 Å². The van der Waals surface area contributed by atoms with Gasteiger partial charge < -0.3 is 19.5 Å². The van der Waals surface area contributed by atoms with Gasteiger partial charge in [0.15, 0.2) is 0 Å². The van der Waals surface area contributed by atoms with Crippen LogP contribution < -0.4 is 5.32 Å². The Labute approximate surface area is 132 Å². The molecule has 1 aromatic rings. The average molecular weight is 308 g/mol. The second-order valence-electron chi connectivity index (χ2n) is 6.21. The van der Waals surface area contributed by atoms with Crippen molar-refractivity contribution in [1.82, 2.24) is 19.8 Å². The zero-order chi connectivity index (χ0) is 16.1. The number of aromatic nitrogens is 2. The molecule has 0 aliphatic carbocycles. The van der Waals surface area contributed by atoms with E-state index in [1.54, 1.807) is 19.0 Å². The Hall–Kier alpha value is -1.40. The number of nitrogens with zero attached hydrogens (tertiary/aromatic N) is 3. The molecule has 1 unspecified atom stereocenters. The summed E-state index contributed by atoms with van der Waals surface area (Å²) in [5.41, 5.74) is 0. The van der Waals surface area contributed by atoms with Crippen molar-refractivity contribution in [2.45, 2.75) is 45.4 Å². The number of rotatable bonds is 7. The number of imidazole rings is 1. The summed E-state index contributed by atoms with van der Waals surface area (Å²) in [6.07, 6.45) is 5.44. The minimum absolute atomic E-state index is 0.0548. The lowest BCUT2D eigenvalue weighted by molar-refractivity contribution is -0.129. The molecule has 3 atom stereocenters. The summed E-state index contributed by atoms with van der Waals surface area (Å²) < 4.78 is 8.05. The summed E-state index contributed by atoms with van der Waals surface area (Å²) in [5, 5.41) is 3.48. The van der Waals surface area contributed by atoms with Crippen LogP contribution in [0.4, 0.5) is 0 Å². The maximum absolute atomic E-state index is 11.7. The van der Waals surface area contributed by atoms with Crippen LogP contribution in [0.5, 0.6) is 0 Å². The molecule has 1 amide bonds. The van der Waals surface area contributed by atoms with E-state index in [-0.39, 0.29) is 18.1 Å². The number of hydrogen-bond donors (Lipinski definition) is 1. The van der Waals surface area contributed by atoms with Crippen LogP contribution in [0.2, 0.25) is 0 Å². The van der Waals surface area contributed by atoms with Gasteiger partial charge in [0.05, 0.1) is 0 Å². The lowest BCUT2D eigenvalue weighted by Crippen LogP contribution is -2.36. The van der Waals surface area contributed by atoms with Crippen molar-refractivity contribution in [3.63, 3.8) is 0 Å². The van der Waals surface area contributed by atoms with Crippen LogP contribution in [-0.4, -0.2) is 53.6 Å². The predicted octanol–water partition coefficient (Wildman–Crippen LogP) is 1.44. The lowest BCUT2D eigenvalue weighted by atomic mass is 10.00. The number of carbonyl (C=O) groups is 1. The third-order valence-corrected chi connectivity index (χ3v) is 4.27. The zero-order valence-corrected chi connectivity index (χ0v) is 14.1. The molecule has 0 saturated carbocycles.